The van der Waals surface area contributed by atoms with Crippen LogP contribution in [0.25, 0.3) is 0 Å². The van der Waals surface area contributed by atoms with Gasteiger partial charge < -0.3 is 0 Å². The predicted octanol–water partition coefficient (Wildman–Crippen LogP) is 2.77. The molecule has 6 nitrogen and oxygen atoms in total. The van der Waals surface area contributed by atoms with Crippen LogP contribution in [0.4, 0.5) is 10.1 Å². The van der Waals surface area contributed by atoms with Crippen molar-refractivity contribution in [2.24, 2.45) is 0 Å². The molecule has 4 rings (SSSR count). The molecular formula is C20H23FN2O4S2. The number of rotatable bonds is 6. The fourth-order valence-corrected chi connectivity index (χ4v) is 6.48. The average Bonchev–Trinajstić information content (AvgIpc) is 3.48. The molecule has 2 aromatic carbocycles. The maximum atomic E-state index is 13.2. The summed E-state index contributed by atoms with van der Waals surface area (Å²) < 4.78 is 67.0. The van der Waals surface area contributed by atoms with E-state index in [2.05, 4.69) is 4.72 Å². The van der Waals surface area contributed by atoms with Crippen molar-refractivity contribution in [3.63, 3.8) is 0 Å². The number of halogens is 1. The Bertz CT molecular complexity index is 1090. The van der Waals surface area contributed by atoms with Crippen LogP contribution in [-0.4, -0.2) is 35.7 Å². The van der Waals surface area contributed by atoms with E-state index in [-0.39, 0.29) is 28.4 Å². The molecule has 0 radical (unpaired) electrons. The van der Waals surface area contributed by atoms with Gasteiger partial charge in [-0.25, -0.2) is 25.9 Å². The molecule has 0 aromatic heterocycles. The van der Waals surface area contributed by atoms with Crippen LogP contribution in [0, 0.1) is 5.82 Å². The van der Waals surface area contributed by atoms with E-state index in [1.165, 1.54) is 40.7 Å². The number of hydrogen-bond acceptors (Lipinski definition) is 4. The highest BCUT2D eigenvalue weighted by atomic mass is 32.2. The summed E-state index contributed by atoms with van der Waals surface area (Å²) in [7, 11) is -7.08. The van der Waals surface area contributed by atoms with Crippen molar-refractivity contribution in [2.75, 3.05) is 23.1 Å². The second-order valence-electron chi connectivity index (χ2n) is 7.70. The highest BCUT2D eigenvalue weighted by Gasteiger charge is 2.44. The average molecular weight is 439 g/mol. The molecule has 0 spiro atoms. The van der Waals surface area contributed by atoms with Gasteiger partial charge in [0.1, 0.15) is 5.82 Å². The van der Waals surface area contributed by atoms with Gasteiger partial charge in [0.25, 0.3) is 0 Å². The molecule has 29 heavy (non-hydrogen) atoms. The van der Waals surface area contributed by atoms with E-state index < -0.39 is 20.0 Å². The minimum absolute atomic E-state index is 0.0885. The number of nitrogens with zero attached hydrogens (tertiary/aromatic N) is 1. The van der Waals surface area contributed by atoms with Gasteiger partial charge in [-0.2, -0.15) is 0 Å². The van der Waals surface area contributed by atoms with E-state index in [0.29, 0.717) is 18.7 Å². The van der Waals surface area contributed by atoms with Crippen molar-refractivity contribution in [1.82, 2.24) is 4.72 Å². The van der Waals surface area contributed by atoms with Crippen LogP contribution in [0.3, 0.4) is 0 Å². The van der Waals surface area contributed by atoms with Gasteiger partial charge in [0.2, 0.25) is 20.0 Å². The molecule has 2 aromatic rings. The number of sulfonamides is 2. The van der Waals surface area contributed by atoms with Crippen LogP contribution in [0.15, 0.2) is 53.4 Å². The largest absolute Gasteiger partial charge is 0.270 e. The number of hydrogen-bond donors (Lipinski definition) is 1. The Morgan fingerprint density at radius 1 is 1.00 bits per heavy atom. The lowest BCUT2D eigenvalue weighted by molar-refractivity contribution is 0.566. The van der Waals surface area contributed by atoms with Gasteiger partial charge in [-0.05, 0) is 67.6 Å². The van der Waals surface area contributed by atoms with E-state index >= 15 is 0 Å². The van der Waals surface area contributed by atoms with Gasteiger partial charge in [-0.1, -0.05) is 12.1 Å². The first-order chi connectivity index (χ1) is 13.7. The molecule has 0 amide bonds. The molecule has 0 bridgehead atoms. The third-order valence-corrected chi connectivity index (χ3v) is 8.98. The molecule has 1 aliphatic heterocycles. The molecule has 0 atom stereocenters. The van der Waals surface area contributed by atoms with Gasteiger partial charge >= 0.3 is 0 Å². The van der Waals surface area contributed by atoms with Crippen molar-refractivity contribution in [3.8, 4) is 0 Å². The fourth-order valence-electron chi connectivity index (χ4n) is 3.71. The Kier molecular flexibility index (Phi) is 5.16. The Labute approximate surface area is 170 Å². The molecular weight excluding hydrogens is 415 g/mol. The van der Waals surface area contributed by atoms with E-state index in [1.54, 1.807) is 12.1 Å². The molecule has 1 saturated carbocycles. The van der Waals surface area contributed by atoms with Gasteiger partial charge in [0.05, 0.1) is 16.3 Å². The molecule has 2 fully saturated rings. The summed E-state index contributed by atoms with van der Waals surface area (Å²) in [6, 6.07) is 12.1. The molecule has 1 N–H and O–H groups in total. The zero-order chi connectivity index (χ0) is 20.7. The molecule has 156 valence electrons. The zero-order valence-electron chi connectivity index (χ0n) is 15.8. The van der Waals surface area contributed by atoms with E-state index in [1.807, 2.05) is 0 Å². The second-order valence-corrected chi connectivity index (χ2v) is 11.5. The third-order valence-electron chi connectivity index (χ3n) is 5.70. The Morgan fingerprint density at radius 3 is 2.24 bits per heavy atom. The highest BCUT2D eigenvalue weighted by molar-refractivity contribution is 7.92. The van der Waals surface area contributed by atoms with Crippen LogP contribution >= 0.6 is 0 Å². The summed E-state index contributed by atoms with van der Waals surface area (Å²) in [4.78, 5) is 0.0885. The fraction of sp³-hybridized carbons (Fsp3) is 0.400. The summed E-state index contributed by atoms with van der Waals surface area (Å²) >= 11 is 0. The standard InChI is InChI=1S/C20H23FN2O4S2/c21-17-5-3-16(4-6-17)20(11-12-20)15-22-29(26,27)19-9-7-18(8-10-19)23-13-1-2-14-28(23,24)25/h3-10,22H,1-2,11-15H2. The maximum Gasteiger partial charge on any atom is 0.240 e. The molecule has 2 aliphatic rings. The SMILES string of the molecule is O=S(=O)(NCC1(c2ccc(F)cc2)CC1)c1ccc(N2CCCCS2(=O)=O)cc1. The number of anilines is 1. The molecule has 0 unspecified atom stereocenters. The lowest BCUT2D eigenvalue weighted by atomic mass is 9.96. The summed E-state index contributed by atoms with van der Waals surface area (Å²) in [6.45, 7) is 0.649. The van der Waals surface area contributed by atoms with Crippen molar-refractivity contribution >= 4 is 25.7 Å². The molecule has 9 heteroatoms. The minimum Gasteiger partial charge on any atom is -0.270 e. The summed E-state index contributed by atoms with van der Waals surface area (Å²) in [6.07, 6.45) is 3.11. The smallest absolute Gasteiger partial charge is 0.240 e. The lowest BCUT2D eigenvalue weighted by Gasteiger charge is -2.28. The van der Waals surface area contributed by atoms with Gasteiger partial charge in [0.15, 0.2) is 0 Å². The first-order valence-corrected chi connectivity index (χ1v) is 12.7. The molecule has 1 aliphatic carbocycles. The highest BCUT2D eigenvalue weighted by Crippen LogP contribution is 2.47. The van der Waals surface area contributed by atoms with Crippen molar-refractivity contribution in [1.29, 1.82) is 0 Å². The Hall–Kier alpha value is -1.97. The van der Waals surface area contributed by atoms with E-state index in [9.17, 15) is 21.2 Å². The van der Waals surface area contributed by atoms with Crippen molar-refractivity contribution in [3.05, 3.63) is 59.9 Å². The van der Waals surface area contributed by atoms with E-state index in [4.69, 9.17) is 0 Å². The summed E-state index contributed by atoms with van der Waals surface area (Å²) in [5.74, 6) is -0.207. The maximum absolute atomic E-state index is 13.2. The summed E-state index contributed by atoms with van der Waals surface area (Å²) in [5, 5.41) is 0. The van der Waals surface area contributed by atoms with Gasteiger partial charge in [0, 0.05) is 18.5 Å². The topological polar surface area (TPSA) is 83.6 Å². The van der Waals surface area contributed by atoms with Crippen LogP contribution in [0.2, 0.25) is 0 Å². The second kappa shape index (κ2) is 7.37. The van der Waals surface area contributed by atoms with Crippen molar-refractivity contribution < 1.29 is 21.2 Å². The van der Waals surface area contributed by atoms with Gasteiger partial charge in [-0.15, -0.1) is 0 Å². The van der Waals surface area contributed by atoms with Crippen LogP contribution in [0.1, 0.15) is 31.2 Å². The van der Waals surface area contributed by atoms with Crippen LogP contribution in [-0.2, 0) is 25.5 Å². The Balaban J connectivity index is 1.47. The zero-order valence-corrected chi connectivity index (χ0v) is 17.5. The first kappa shape index (κ1) is 20.3. The minimum atomic E-state index is -3.74. The lowest BCUT2D eigenvalue weighted by Crippen LogP contribution is -2.37. The van der Waals surface area contributed by atoms with Crippen molar-refractivity contribution in [2.45, 2.75) is 36.0 Å². The number of benzene rings is 2. The first-order valence-electron chi connectivity index (χ1n) is 9.58. The number of nitrogens with one attached hydrogen (secondary N) is 1. The van der Waals surface area contributed by atoms with Gasteiger partial charge in [-0.3, -0.25) is 4.31 Å². The third kappa shape index (κ3) is 4.17. The monoisotopic (exact) mass is 438 g/mol. The molecule has 1 heterocycles. The molecule has 1 saturated heterocycles. The van der Waals surface area contributed by atoms with Crippen LogP contribution in [0.5, 0.6) is 0 Å². The van der Waals surface area contributed by atoms with Crippen LogP contribution < -0.4 is 9.03 Å². The summed E-state index contributed by atoms with van der Waals surface area (Å²) in [5.41, 5.74) is 1.11. The quantitative estimate of drug-likeness (QED) is 0.752. The normalized spacial score (nSPS) is 20.4. The predicted molar refractivity (Wildman–Crippen MR) is 109 cm³/mol. The van der Waals surface area contributed by atoms with E-state index in [0.717, 1.165) is 24.8 Å². The Morgan fingerprint density at radius 2 is 1.66 bits per heavy atom.